The number of urea groups is 1. The van der Waals surface area contributed by atoms with E-state index in [0.29, 0.717) is 0 Å². The summed E-state index contributed by atoms with van der Waals surface area (Å²) in [6.45, 7) is -1.99. The van der Waals surface area contributed by atoms with Crippen LogP contribution >= 0.6 is 0 Å². The molecule has 0 aromatic heterocycles. The zero-order chi connectivity index (χ0) is 17.7. The van der Waals surface area contributed by atoms with E-state index in [1.54, 1.807) is 0 Å². The van der Waals surface area contributed by atoms with Crippen LogP contribution in [0, 0.1) is 5.82 Å². The highest BCUT2D eigenvalue weighted by molar-refractivity contribution is 5.96. The lowest BCUT2D eigenvalue weighted by Gasteiger charge is -2.14. The first kappa shape index (κ1) is 17.8. The molecule has 10 heteroatoms. The molecule has 1 saturated carbocycles. The number of hydrogen-bond donors (Lipinski definition) is 3. The van der Waals surface area contributed by atoms with Crippen molar-refractivity contribution in [3.05, 3.63) is 24.0 Å². The number of hydrogen-bond acceptors (Lipinski definition) is 4. The zero-order valence-corrected chi connectivity index (χ0v) is 12.4. The molecule has 0 heterocycles. The number of rotatable bonds is 6. The number of nitrogens with one attached hydrogen (secondary N) is 3. The molecule has 0 spiro atoms. The van der Waals surface area contributed by atoms with Crippen LogP contribution in [0.15, 0.2) is 18.2 Å². The maximum Gasteiger partial charge on any atom is 0.422 e. The lowest BCUT2D eigenvalue weighted by Crippen LogP contribution is -2.42. The van der Waals surface area contributed by atoms with Crippen LogP contribution in [0.3, 0.4) is 0 Å². The van der Waals surface area contributed by atoms with Crippen molar-refractivity contribution in [2.75, 3.05) is 18.5 Å². The fourth-order valence-corrected chi connectivity index (χ4v) is 1.72. The highest BCUT2D eigenvalue weighted by atomic mass is 19.4. The Morgan fingerprint density at radius 2 is 1.96 bits per heavy atom. The number of carbonyl (C=O) groups is 2. The monoisotopic (exact) mass is 349 g/mol. The minimum absolute atomic E-state index is 0.0661. The molecule has 1 aliphatic rings. The number of anilines is 1. The van der Waals surface area contributed by atoms with Crippen LogP contribution in [0.1, 0.15) is 12.8 Å². The number of carbonyl (C=O) groups excluding carboxylic acids is 2. The topological polar surface area (TPSA) is 79.5 Å². The Morgan fingerprint density at radius 3 is 2.58 bits per heavy atom. The van der Waals surface area contributed by atoms with Gasteiger partial charge in [0.05, 0.1) is 12.2 Å². The Hall–Kier alpha value is -2.52. The molecule has 132 valence electrons. The van der Waals surface area contributed by atoms with Crippen molar-refractivity contribution >= 4 is 17.6 Å². The predicted molar refractivity (Wildman–Crippen MR) is 76.1 cm³/mol. The van der Waals surface area contributed by atoms with Gasteiger partial charge in [-0.25, -0.2) is 9.18 Å². The number of imide groups is 1. The van der Waals surface area contributed by atoms with Crippen molar-refractivity contribution in [3.63, 3.8) is 0 Å². The molecule has 0 unspecified atom stereocenters. The van der Waals surface area contributed by atoms with E-state index in [1.807, 2.05) is 5.32 Å². The molecule has 6 nitrogen and oxygen atoms in total. The molecule has 3 N–H and O–H groups in total. The van der Waals surface area contributed by atoms with Gasteiger partial charge in [0.15, 0.2) is 6.61 Å². The average molecular weight is 349 g/mol. The van der Waals surface area contributed by atoms with Crippen molar-refractivity contribution in [3.8, 4) is 5.75 Å². The van der Waals surface area contributed by atoms with Gasteiger partial charge in [0.2, 0.25) is 5.91 Å². The van der Waals surface area contributed by atoms with Gasteiger partial charge >= 0.3 is 12.2 Å². The second-order valence-corrected chi connectivity index (χ2v) is 5.19. The second-order valence-electron chi connectivity index (χ2n) is 5.19. The molecule has 0 atom stereocenters. The van der Waals surface area contributed by atoms with E-state index in [0.717, 1.165) is 31.0 Å². The van der Waals surface area contributed by atoms with Gasteiger partial charge in [-0.3, -0.25) is 10.1 Å². The van der Waals surface area contributed by atoms with E-state index in [2.05, 4.69) is 15.4 Å². The second kappa shape index (κ2) is 7.37. The standard InChI is InChI=1S/C14H15F4N3O3/c15-8-1-4-11(24-7-14(16,17)18)10(5-8)19-6-12(22)21-13(23)20-9-2-3-9/h1,4-5,9,19H,2-3,6-7H2,(H2,20,21,22,23). The Morgan fingerprint density at radius 1 is 1.25 bits per heavy atom. The van der Waals surface area contributed by atoms with Gasteiger partial charge in [-0.15, -0.1) is 0 Å². The lowest BCUT2D eigenvalue weighted by molar-refractivity contribution is -0.153. The first-order chi connectivity index (χ1) is 11.2. The summed E-state index contributed by atoms with van der Waals surface area (Å²) in [6, 6.07) is 2.25. The number of benzene rings is 1. The van der Waals surface area contributed by atoms with Crippen molar-refractivity contribution < 1.29 is 31.9 Å². The third-order valence-corrected chi connectivity index (χ3v) is 2.94. The van der Waals surface area contributed by atoms with Crippen LogP contribution in [0.25, 0.3) is 0 Å². The van der Waals surface area contributed by atoms with Gasteiger partial charge in [-0.2, -0.15) is 13.2 Å². The zero-order valence-electron chi connectivity index (χ0n) is 12.4. The SMILES string of the molecule is O=C(CNc1cc(F)ccc1OCC(F)(F)F)NC(=O)NC1CC1. The van der Waals surface area contributed by atoms with Crippen molar-refractivity contribution in [2.24, 2.45) is 0 Å². The first-order valence-electron chi connectivity index (χ1n) is 7.06. The molecule has 3 amide bonds. The van der Waals surface area contributed by atoms with Gasteiger partial charge in [0.25, 0.3) is 0 Å². The molecule has 0 radical (unpaired) electrons. The summed E-state index contributed by atoms with van der Waals surface area (Å²) < 4.78 is 54.4. The summed E-state index contributed by atoms with van der Waals surface area (Å²) in [7, 11) is 0. The van der Waals surface area contributed by atoms with Gasteiger partial charge in [0.1, 0.15) is 11.6 Å². The number of amides is 3. The maximum absolute atomic E-state index is 13.2. The quantitative estimate of drug-likeness (QED) is 0.688. The minimum Gasteiger partial charge on any atom is -0.482 e. The molecular formula is C14H15F4N3O3. The third-order valence-electron chi connectivity index (χ3n) is 2.94. The van der Waals surface area contributed by atoms with Gasteiger partial charge < -0.3 is 15.4 Å². The van der Waals surface area contributed by atoms with Crippen LogP contribution < -0.4 is 20.7 Å². The van der Waals surface area contributed by atoms with Crippen molar-refractivity contribution in [1.82, 2.24) is 10.6 Å². The van der Waals surface area contributed by atoms with E-state index in [-0.39, 0.29) is 17.5 Å². The third kappa shape index (κ3) is 6.31. The molecule has 1 fully saturated rings. The van der Waals surface area contributed by atoms with E-state index in [4.69, 9.17) is 0 Å². The summed E-state index contributed by atoms with van der Waals surface area (Å²) in [5.74, 6) is -1.70. The highest BCUT2D eigenvalue weighted by Gasteiger charge is 2.29. The Kier molecular flexibility index (Phi) is 5.47. The first-order valence-corrected chi connectivity index (χ1v) is 7.06. The highest BCUT2D eigenvalue weighted by Crippen LogP contribution is 2.27. The summed E-state index contributed by atoms with van der Waals surface area (Å²) in [5.41, 5.74) is -0.128. The van der Waals surface area contributed by atoms with Gasteiger partial charge in [-0.1, -0.05) is 0 Å². The van der Waals surface area contributed by atoms with Crippen LogP contribution in [-0.4, -0.2) is 37.3 Å². The van der Waals surface area contributed by atoms with Crippen LogP contribution in [0.2, 0.25) is 0 Å². The largest absolute Gasteiger partial charge is 0.482 e. The number of alkyl halides is 3. The minimum atomic E-state index is -4.55. The normalized spacial score (nSPS) is 14.0. The summed E-state index contributed by atoms with van der Waals surface area (Å²) in [4.78, 5) is 23.0. The molecule has 1 aromatic carbocycles. The van der Waals surface area contributed by atoms with Crippen LogP contribution in [0.5, 0.6) is 5.75 Å². The van der Waals surface area contributed by atoms with E-state index in [9.17, 15) is 27.2 Å². The molecule has 24 heavy (non-hydrogen) atoms. The predicted octanol–water partition coefficient (Wildman–Crippen LogP) is 2.17. The fourth-order valence-electron chi connectivity index (χ4n) is 1.72. The van der Waals surface area contributed by atoms with Crippen LogP contribution in [-0.2, 0) is 4.79 Å². The van der Waals surface area contributed by atoms with Crippen molar-refractivity contribution in [1.29, 1.82) is 0 Å². The number of halogens is 4. The Balaban J connectivity index is 1.88. The Labute approximate surface area is 134 Å². The fraction of sp³-hybridized carbons (Fsp3) is 0.429. The molecule has 2 rings (SSSR count). The summed E-state index contributed by atoms with van der Waals surface area (Å²) >= 11 is 0. The maximum atomic E-state index is 13.2. The average Bonchev–Trinajstić information content (AvgIpc) is 3.26. The molecule has 0 saturated heterocycles. The van der Waals surface area contributed by atoms with Gasteiger partial charge in [-0.05, 0) is 25.0 Å². The summed E-state index contributed by atoms with van der Waals surface area (Å²) in [5, 5.41) is 7.02. The molecule has 0 aliphatic heterocycles. The van der Waals surface area contributed by atoms with Gasteiger partial charge in [0, 0.05) is 12.1 Å². The molecule has 1 aromatic rings. The lowest BCUT2D eigenvalue weighted by atomic mass is 10.2. The number of ether oxygens (including phenoxy) is 1. The molecule has 0 bridgehead atoms. The van der Waals surface area contributed by atoms with Crippen LogP contribution in [0.4, 0.5) is 28.0 Å². The van der Waals surface area contributed by atoms with Crippen molar-refractivity contribution in [2.45, 2.75) is 25.1 Å². The molecule has 1 aliphatic carbocycles. The smallest absolute Gasteiger partial charge is 0.422 e. The van der Waals surface area contributed by atoms with E-state index < -0.39 is 37.1 Å². The Bertz CT molecular complexity index is 618. The molecular weight excluding hydrogens is 334 g/mol. The summed E-state index contributed by atoms with van der Waals surface area (Å²) in [6.07, 6.45) is -2.85. The van der Waals surface area contributed by atoms with E-state index >= 15 is 0 Å². The van der Waals surface area contributed by atoms with E-state index in [1.165, 1.54) is 0 Å².